The van der Waals surface area contributed by atoms with Gasteiger partial charge in [-0.1, -0.05) is 46.4 Å². The van der Waals surface area contributed by atoms with Crippen molar-refractivity contribution in [3.63, 3.8) is 0 Å². The Morgan fingerprint density at radius 1 is 1.17 bits per heavy atom. The number of alkyl halides is 4. The highest BCUT2D eigenvalue weighted by Crippen LogP contribution is 2.42. The first-order valence-electron chi connectivity index (χ1n) is 4.91. The topological polar surface area (TPSA) is 78.8 Å². The first-order valence-corrected chi connectivity index (χ1v) is 6.42. The van der Waals surface area contributed by atoms with Gasteiger partial charge in [0.1, 0.15) is 0 Å². The molecule has 5 nitrogen and oxygen atoms in total. The van der Waals surface area contributed by atoms with Crippen LogP contribution in [0.15, 0.2) is 0 Å². The van der Waals surface area contributed by atoms with Gasteiger partial charge in [0.15, 0.2) is 4.33 Å². The Hall–Kier alpha value is 0.510. The van der Waals surface area contributed by atoms with E-state index in [1.807, 2.05) is 0 Å². The number of methoxy groups -OCH3 is 1. The number of carbonyl (C=O) groups is 1. The van der Waals surface area contributed by atoms with Crippen LogP contribution in [0.3, 0.4) is 0 Å². The summed E-state index contributed by atoms with van der Waals surface area (Å²) in [6.07, 6.45) is 0. The summed E-state index contributed by atoms with van der Waals surface area (Å²) in [6.45, 7) is 2.72. The molecule has 3 N–H and O–H groups in total. The van der Waals surface area contributed by atoms with Crippen LogP contribution >= 0.6 is 46.4 Å². The molecule has 0 spiro atoms. The number of esters is 1. The third kappa shape index (κ3) is 8.58. The molecule has 0 aliphatic heterocycles. The molecule has 0 aliphatic rings. The largest absolute Gasteiger partial charge is 0.467 e. The van der Waals surface area contributed by atoms with Gasteiger partial charge >= 0.3 is 5.97 Å². The van der Waals surface area contributed by atoms with Crippen LogP contribution in [0.5, 0.6) is 0 Å². The third-order valence-electron chi connectivity index (χ3n) is 1.57. The number of aliphatic hydroxyl groups is 2. The number of rotatable bonds is 6. The maximum Gasteiger partial charge on any atom is 0.345 e. The van der Waals surface area contributed by atoms with E-state index in [0.29, 0.717) is 13.1 Å². The fraction of sp³-hybridized carbons (Fsp3) is 0.889. The first-order chi connectivity index (χ1) is 8.15. The minimum Gasteiger partial charge on any atom is -0.467 e. The number of nitrogens with one attached hydrogen (secondary N) is 1. The van der Waals surface area contributed by atoms with E-state index < -0.39 is 14.6 Å². The van der Waals surface area contributed by atoms with Crippen LogP contribution in [-0.2, 0) is 9.53 Å². The molecule has 0 saturated heterocycles. The van der Waals surface area contributed by atoms with Gasteiger partial charge in [0, 0.05) is 13.1 Å². The molecular weight excluding hydrogens is 328 g/mol. The van der Waals surface area contributed by atoms with Crippen molar-refractivity contribution in [2.45, 2.75) is 15.6 Å². The molecule has 18 heavy (non-hydrogen) atoms. The van der Waals surface area contributed by atoms with Gasteiger partial charge in [-0.25, -0.2) is 4.79 Å². The standard InChI is InChI=1S/C5H6Cl4O2.C4H11NO2/c1-4(6,7)5(8,9)3(10)11-2;6-3-1-5-2-4-7/h1-2H3;5-7H,1-4H2. The molecule has 0 heterocycles. The van der Waals surface area contributed by atoms with Gasteiger partial charge in [0.2, 0.25) is 4.33 Å². The second-order valence-corrected chi connectivity index (χ2v) is 6.18. The van der Waals surface area contributed by atoms with Crippen LogP contribution in [0.25, 0.3) is 0 Å². The summed E-state index contributed by atoms with van der Waals surface area (Å²) in [6, 6.07) is 0. The molecule has 0 bridgehead atoms. The maximum atomic E-state index is 10.8. The van der Waals surface area contributed by atoms with Crippen LogP contribution in [0.4, 0.5) is 0 Å². The number of carbonyl (C=O) groups excluding carboxylic acids is 1. The van der Waals surface area contributed by atoms with Crippen molar-refractivity contribution in [3.8, 4) is 0 Å². The van der Waals surface area contributed by atoms with Crippen molar-refractivity contribution in [2.75, 3.05) is 33.4 Å². The number of halogens is 4. The SMILES string of the molecule is COC(=O)C(Cl)(Cl)C(C)(Cl)Cl.OCCNCCO. The highest BCUT2D eigenvalue weighted by Gasteiger charge is 2.51. The van der Waals surface area contributed by atoms with Crippen molar-refractivity contribution < 1.29 is 19.7 Å². The molecule has 9 heteroatoms. The summed E-state index contributed by atoms with van der Waals surface area (Å²) in [5.74, 6) is -0.881. The molecule has 0 aromatic carbocycles. The Morgan fingerprint density at radius 2 is 1.56 bits per heavy atom. The summed E-state index contributed by atoms with van der Waals surface area (Å²) < 4.78 is 0.750. The first kappa shape index (κ1) is 20.8. The minimum atomic E-state index is -1.94. The molecule has 0 aromatic rings. The lowest BCUT2D eigenvalue weighted by Crippen LogP contribution is -2.42. The predicted octanol–water partition coefficient (Wildman–Crippen LogP) is 1.09. The molecule has 0 amide bonds. The smallest absolute Gasteiger partial charge is 0.345 e. The van der Waals surface area contributed by atoms with Gasteiger partial charge in [0.05, 0.1) is 20.3 Å². The highest BCUT2D eigenvalue weighted by molar-refractivity contribution is 6.68. The number of hydrogen-bond donors (Lipinski definition) is 3. The third-order valence-corrected chi connectivity index (χ3v) is 3.59. The molecule has 0 aromatic heterocycles. The van der Waals surface area contributed by atoms with E-state index in [9.17, 15) is 4.79 Å². The summed E-state index contributed by atoms with van der Waals surface area (Å²) in [7, 11) is 1.14. The zero-order valence-electron chi connectivity index (χ0n) is 10.1. The Balaban J connectivity index is 0. The van der Waals surface area contributed by atoms with E-state index in [1.54, 1.807) is 0 Å². The van der Waals surface area contributed by atoms with E-state index in [-0.39, 0.29) is 13.2 Å². The zero-order valence-corrected chi connectivity index (χ0v) is 13.1. The molecule has 110 valence electrons. The van der Waals surface area contributed by atoms with Gasteiger partial charge in [0.25, 0.3) is 0 Å². The molecule has 0 rings (SSSR count). The Labute approximate surface area is 126 Å². The van der Waals surface area contributed by atoms with E-state index in [0.717, 1.165) is 7.11 Å². The van der Waals surface area contributed by atoms with Gasteiger partial charge < -0.3 is 20.3 Å². The Kier molecular flexibility index (Phi) is 11.9. The van der Waals surface area contributed by atoms with Gasteiger partial charge in [-0.15, -0.1) is 0 Å². The van der Waals surface area contributed by atoms with Crippen molar-refractivity contribution in [3.05, 3.63) is 0 Å². The lowest BCUT2D eigenvalue weighted by Gasteiger charge is -2.25. The zero-order chi connectivity index (χ0) is 14.8. The lowest BCUT2D eigenvalue weighted by atomic mass is 10.3. The van der Waals surface area contributed by atoms with Gasteiger partial charge in [-0.2, -0.15) is 0 Å². The van der Waals surface area contributed by atoms with Crippen LogP contribution < -0.4 is 5.32 Å². The quantitative estimate of drug-likeness (QED) is 0.382. The summed E-state index contributed by atoms with van der Waals surface area (Å²) >= 11 is 22.0. The van der Waals surface area contributed by atoms with E-state index in [2.05, 4.69) is 10.1 Å². The van der Waals surface area contributed by atoms with Crippen molar-refractivity contribution in [1.82, 2.24) is 5.32 Å². The molecule has 0 atom stereocenters. The number of ether oxygens (including phenoxy) is 1. The molecular formula is C9H17Cl4NO4. The fourth-order valence-electron chi connectivity index (χ4n) is 0.591. The summed E-state index contributed by atoms with van der Waals surface area (Å²) in [5, 5.41) is 19.1. The van der Waals surface area contributed by atoms with Crippen LogP contribution in [-0.4, -0.2) is 58.3 Å². The summed E-state index contributed by atoms with van der Waals surface area (Å²) in [5.41, 5.74) is 0. The monoisotopic (exact) mass is 343 g/mol. The molecule has 0 unspecified atom stereocenters. The highest BCUT2D eigenvalue weighted by atomic mass is 35.5. The average molecular weight is 345 g/mol. The molecule has 0 fully saturated rings. The van der Waals surface area contributed by atoms with E-state index >= 15 is 0 Å². The normalized spacial score (nSPS) is 11.6. The average Bonchev–Trinajstić information content (AvgIpc) is 2.28. The molecule has 0 aliphatic carbocycles. The van der Waals surface area contributed by atoms with Crippen LogP contribution in [0.1, 0.15) is 6.92 Å². The van der Waals surface area contributed by atoms with Gasteiger partial charge in [-0.05, 0) is 6.92 Å². The maximum absolute atomic E-state index is 10.8. The van der Waals surface area contributed by atoms with E-state index in [1.165, 1.54) is 6.92 Å². The second kappa shape index (κ2) is 10.3. The number of hydrogen-bond acceptors (Lipinski definition) is 5. The van der Waals surface area contributed by atoms with Crippen LogP contribution in [0.2, 0.25) is 0 Å². The summed E-state index contributed by atoms with van der Waals surface area (Å²) in [4.78, 5) is 10.8. The van der Waals surface area contributed by atoms with Crippen molar-refractivity contribution in [1.29, 1.82) is 0 Å². The number of aliphatic hydroxyl groups excluding tert-OH is 2. The van der Waals surface area contributed by atoms with Crippen molar-refractivity contribution in [2.24, 2.45) is 0 Å². The Bertz CT molecular complexity index is 229. The minimum absolute atomic E-state index is 0.139. The predicted molar refractivity (Wildman–Crippen MR) is 73.6 cm³/mol. The van der Waals surface area contributed by atoms with Gasteiger partial charge in [-0.3, -0.25) is 0 Å². The van der Waals surface area contributed by atoms with E-state index in [4.69, 9.17) is 56.6 Å². The molecule has 0 radical (unpaired) electrons. The molecule has 0 saturated carbocycles. The fourth-order valence-corrected chi connectivity index (χ4v) is 0.899. The lowest BCUT2D eigenvalue weighted by molar-refractivity contribution is -0.141. The Morgan fingerprint density at radius 3 is 1.72 bits per heavy atom. The van der Waals surface area contributed by atoms with Crippen LogP contribution in [0, 0.1) is 0 Å². The second-order valence-electron chi connectivity index (χ2n) is 3.15. The van der Waals surface area contributed by atoms with Crippen molar-refractivity contribution >= 4 is 52.4 Å².